The lowest BCUT2D eigenvalue weighted by molar-refractivity contribution is -0.131. The molecule has 18 heavy (non-hydrogen) atoms. The molecule has 0 aliphatic carbocycles. The van der Waals surface area contributed by atoms with Gasteiger partial charge in [0.2, 0.25) is 11.8 Å². The number of nitrogens with one attached hydrogen (secondary N) is 1. The molecule has 0 radical (unpaired) electrons. The molecule has 0 aliphatic heterocycles. The van der Waals surface area contributed by atoms with Crippen molar-refractivity contribution in [2.24, 2.45) is 5.73 Å². The number of methoxy groups -OCH3 is 1. The van der Waals surface area contributed by atoms with Gasteiger partial charge in [-0.15, -0.1) is 0 Å². The van der Waals surface area contributed by atoms with Crippen LogP contribution in [0.1, 0.15) is 19.8 Å². The molecule has 0 aromatic heterocycles. The van der Waals surface area contributed by atoms with Gasteiger partial charge >= 0.3 is 0 Å². The molecule has 0 aromatic carbocycles. The summed E-state index contributed by atoms with van der Waals surface area (Å²) >= 11 is 0. The fourth-order valence-corrected chi connectivity index (χ4v) is 1.18. The molecular weight excluding hydrogens is 240 g/mol. The van der Waals surface area contributed by atoms with Crippen LogP contribution in [-0.4, -0.2) is 50.6 Å². The van der Waals surface area contributed by atoms with Crippen LogP contribution in [0.15, 0.2) is 0 Å². The molecule has 7 nitrogen and oxygen atoms in total. The summed E-state index contributed by atoms with van der Waals surface area (Å²) in [7, 11) is 1.52. The Morgan fingerprint density at radius 1 is 1.28 bits per heavy atom. The average Bonchev–Trinajstić information content (AvgIpc) is 2.29. The predicted octanol–water partition coefficient (Wildman–Crippen LogP) is -1.01. The van der Waals surface area contributed by atoms with E-state index in [-0.39, 0.29) is 25.2 Å². The Balaban J connectivity index is 3.96. The van der Waals surface area contributed by atoms with Crippen LogP contribution in [0.4, 0.5) is 0 Å². The molecule has 2 amide bonds. The van der Waals surface area contributed by atoms with E-state index < -0.39 is 17.9 Å². The van der Waals surface area contributed by atoms with Gasteiger partial charge in [-0.05, 0) is 13.3 Å². The van der Waals surface area contributed by atoms with Gasteiger partial charge < -0.3 is 25.3 Å². The highest BCUT2D eigenvalue weighted by Crippen LogP contribution is 1.98. The van der Waals surface area contributed by atoms with Gasteiger partial charge in [0.15, 0.2) is 0 Å². The monoisotopic (exact) mass is 260 g/mol. The molecular formula is C11H20N2O5. The minimum atomic E-state index is -0.840. The number of rotatable bonds is 10. The summed E-state index contributed by atoms with van der Waals surface area (Å²) in [5.74, 6) is -1.17. The standard InChI is InChI=1S/C11H20N2O5/c1-8(14)3-4-9(11(12)16)13-10(15)7-18-6-5-17-2/h9H,3-7H2,1-2H3,(H2,12,16)(H,13,15)/t9-/m0/s1. The Bertz CT molecular complexity index is 293. The van der Waals surface area contributed by atoms with Crippen molar-refractivity contribution in [1.82, 2.24) is 5.32 Å². The minimum absolute atomic E-state index is 0.0631. The van der Waals surface area contributed by atoms with Crippen LogP contribution >= 0.6 is 0 Å². The molecule has 0 saturated carbocycles. The van der Waals surface area contributed by atoms with E-state index in [0.717, 1.165) is 0 Å². The molecule has 3 N–H and O–H groups in total. The third-order valence-corrected chi connectivity index (χ3v) is 2.13. The first-order chi connectivity index (χ1) is 8.47. The highest BCUT2D eigenvalue weighted by Gasteiger charge is 2.18. The van der Waals surface area contributed by atoms with Gasteiger partial charge in [-0.1, -0.05) is 0 Å². The number of amides is 2. The first-order valence-corrected chi connectivity index (χ1v) is 5.62. The van der Waals surface area contributed by atoms with E-state index in [9.17, 15) is 14.4 Å². The third-order valence-electron chi connectivity index (χ3n) is 2.13. The zero-order valence-corrected chi connectivity index (χ0v) is 10.7. The summed E-state index contributed by atoms with van der Waals surface area (Å²) in [6.07, 6.45) is 0.396. The molecule has 0 rings (SSSR count). The number of ketones is 1. The molecule has 7 heteroatoms. The second kappa shape index (κ2) is 9.55. The van der Waals surface area contributed by atoms with Crippen LogP contribution in [0.25, 0.3) is 0 Å². The van der Waals surface area contributed by atoms with E-state index in [2.05, 4.69) is 5.32 Å². The van der Waals surface area contributed by atoms with Crippen LogP contribution in [0.5, 0.6) is 0 Å². The highest BCUT2D eigenvalue weighted by atomic mass is 16.5. The van der Waals surface area contributed by atoms with Gasteiger partial charge in [0.1, 0.15) is 18.4 Å². The molecule has 0 aliphatic rings. The van der Waals surface area contributed by atoms with Gasteiger partial charge in [0.25, 0.3) is 0 Å². The van der Waals surface area contributed by atoms with Crippen LogP contribution < -0.4 is 11.1 Å². The van der Waals surface area contributed by atoms with E-state index in [4.69, 9.17) is 15.2 Å². The van der Waals surface area contributed by atoms with Gasteiger partial charge in [0.05, 0.1) is 13.2 Å². The zero-order chi connectivity index (χ0) is 14.0. The van der Waals surface area contributed by atoms with Crippen molar-refractivity contribution >= 4 is 17.6 Å². The molecule has 0 bridgehead atoms. The predicted molar refractivity (Wildman–Crippen MR) is 63.7 cm³/mol. The quantitative estimate of drug-likeness (QED) is 0.489. The van der Waals surface area contributed by atoms with Crippen LogP contribution in [0, 0.1) is 0 Å². The van der Waals surface area contributed by atoms with Crippen LogP contribution in [0.2, 0.25) is 0 Å². The molecule has 0 aromatic rings. The maximum Gasteiger partial charge on any atom is 0.246 e. The van der Waals surface area contributed by atoms with Crippen molar-refractivity contribution in [3.8, 4) is 0 Å². The van der Waals surface area contributed by atoms with Gasteiger partial charge in [0, 0.05) is 13.5 Å². The van der Waals surface area contributed by atoms with E-state index in [0.29, 0.717) is 13.2 Å². The molecule has 1 atom stereocenters. The average molecular weight is 260 g/mol. The smallest absolute Gasteiger partial charge is 0.246 e. The first kappa shape index (κ1) is 16.5. The van der Waals surface area contributed by atoms with Gasteiger partial charge in [-0.25, -0.2) is 0 Å². The number of ether oxygens (including phenoxy) is 2. The lowest BCUT2D eigenvalue weighted by Crippen LogP contribution is -2.46. The lowest BCUT2D eigenvalue weighted by atomic mass is 10.1. The fourth-order valence-electron chi connectivity index (χ4n) is 1.18. The summed E-state index contributed by atoms with van der Waals surface area (Å²) in [6, 6.07) is -0.840. The minimum Gasteiger partial charge on any atom is -0.382 e. The van der Waals surface area contributed by atoms with Crippen LogP contribution in [-0.2, 0) is 23.9 Å². The number of carbonyl (C=O) groups is 3. The number of hydrogen-bond acceptors (Lipinski definition) is 5. The normalized spacial score (nSPS) is 11.9. The van der Waals surface area contributed by atoms with E-state index in [1.807, 2.05) is 0 Å². The van der Waals surface area contributed by atoms with E-state index >= 15 is 0 Å². The Kier molecular flexibility index (Phi) is 8.77. The number of primary amides is 1. The summed E-state index contributed by atoms with van der Waals surface area (Å²) in [6.45, 7) is 1.91. The number of hydrogen-bond donors (Lipinski definition) is 2. The van der Waals surface area contributed by atoms with E-state index in [1.54, 1.807) is 0 Å². The largest absolute Gasteiger partial charge is 0.382 e. The summed E-state index contributed by atoms with van der Waals surface area (Å²) < 4.78 is 9.73. The SMILES string of the molecule is COCCOCC(=O)N[C@@H](CCC(C)=O)C(N)=O. The Hall–Kier alpha value is -1.47. The van der Waals surface area contributed by atoms with Gasteiger partial charge in [-0.3, -0.25) is 9.59 Å². The highest BCUT2D eigenvalue weighted by molar-refractivity contribution is 5.87. The summed E-state index contributed by atoms with van der Waals surface area (Å²) in [5, 5.41) is 2.42. The Morgan fingerprint density at radius 2 is 1.94 bits per heavy atom. The number of nitrogens with two attached hydrogens (primary N) is 1. The molecule has 104 valence electrons. The van der Waals surface area contributed by atoms with Crippen molar-refractivity contribution in [3.63, 3.8) is 0 Å². The third kappa shape index (κ3) is 8.66. The van der Waals surface area contributed by atoms with Crippen molar-refractivity contribution in [1.29, 1.82) is 0 Å². The van der Waals surface area contributed by atoms with Crippen molar-refractivity contribution in [2.45, 2.75) is 25.8 Å². The van der Waals surface area contributed by atoms with E-state index in [1.165, 1.54) is 14.0 Å². The second-order valence-electron chi connectivity index (χ2n) is 3.81. The molecule has 0 spiro atoms. The second-order valence-corrected chi connectivity index (χ2v) is 3.81. The number of carbonyl (C=O) groups excluding carboxylic acids is 3. The summed E-state index contributed by atoms with van der Waals surface area (Å²) in [5.41, 5.74) is 5.12. The van der Waals surface area contributed by atoms with Gasteiger partial charge in [-0.2, -0.15) is 0 Å². The van der Waals surface area contributed by atoms with Crippen molar-refractivity contribution < 1.29 is 23.9 Å². The zero-order valence-electron chi connectivity index (χ0n) is 10.7. The van der Waals surface area contributed by atoms with Crippen LogP contribution in [0.3, 0.4) is 0 Å². The maximum atomic E-state index is 11.4. The summed E-state index contributed by atoms with van der Waals surface area (Å²) in [4.78, 5) is 33.3. The Labute approximate surface area is 106 Å². The lowest BCUT2D eigenvalue weighted by Gasteiger charge is -2.14. The van der Waals surface area contributed by atoms with Crippen molar-refractivity contribution in [2.75, 3.05) is 26.9 Å². The molecule has 0 heterocycles. The Morgan fingerprint density at radius 3 is 2.44 bits per heavy atom. The molecule has 0 unspecified atom stereocenters. The maximum absolute atomic E-state index is 11.4. The topological polar surface area (TPSA) is 108 Å². The van der Waals surface area contributed by atoms with Crippen molar-refractivity contribution in [3.05, 3.63) is 0 Å². The molecule has 0 fully saturated rings. The number of Topliss-reactive ketones (excluding diaryl/α,β-unsaturated/α-hetero) is 1. The fraction of sp³-hybridized carbons (Fsp3) is 0.727. The molecule has 0 saturated heterocycles. The first-order valence-electron chi connectivity index (χ1n) is 5.62.